The third-order valence-electron chi connectivity index (χ3n) is 10.8. The van der Waals surface area contributed by atoms with Crippen molar-refractivity contribution in [2.24, 2.45) is 0 Å². The van der Waals surface area contributed by atoms with Crippen LogP contribution in [0.1, 0.15) is 22.3 Å². The maximum absolute atomic E-state index is 14.2. The summed E-state index contributed by atoms with van der Waals surface area (Å²) in [7, 11) is 0. The Kier molecular flexibility index (Phi) is 9.76. The summed E-state index contributed by atoms with van der Waals surface area (Å²) < 4.78 is 128. The lowest BCUT2D eigenvalue weighted by molar-refractivity contribution is -0.138. The lowest BCUT2D eigenvalue weighted by Gasteiger charge is -2.22. The molecule has 0 saturated carbocycles. The first-order valence-electron chi connectivity index (χ1n) is 19.2. The molecule has 0 atom stereocenters. The fourth-order valence-corrected chi connectivity index (χ4v) is 7.76. The first-order chi connectivity index (χ1) is 29.5. The predicted octanol–water partition coefficient (Wildman–Crippen LogP) is 15.3. The molecule has 308 valence electrons. The van der Waals surface area contributed by atoms with E-state index in [2.05, 4.69) is 0 Å². The third kappa shape index (κ3) is 7.57. The molecule has 9 rings (SSSR count). The Labute approximate surface area is 348 Å². The maximum atomic E-state index is 14.2. The van der Waals surface area contributed by atoms with Gasteiger partial charge in [-0.05, 0) is 90.8 Å². The second kappa shape index (κ2) is 15.1. The zero-order valence-corrected chi connectivity index (χ0v) is 32.3. The highest BCUT2D eigenvalue weighted by atomic mass is 19.4. The molecule has 2 heterocycles. The molecule has 0 radical (unpaired) electrons. The van der Waals surface area contributed by atoms with Crippen molar-refractivity contribution in [3.63, 3.8) is 0 Å². The van der Waals surface area contributed by atoms with Crippen molar-refractivity contribution >= 4 is 21.8 Å². The topological polar surface area (TPSA) is 30.7 Å². The van der Waals surface area contributed by atoms with E-state index in [0.29, 0.717) is 61.6 Å². The second-order valence-electron chi connectivity index (χ2n) is 14.8. The Hall–Kier alpha value is -7.21. The SMILES string of the molecule is Cc1ccc2c(c1)c1cc(C(F)(F)F)ccc1n2-c1c(-c2ccc(C(F)(F)F)cc2)cc(-c2cc(-c3ccccc3)nc(-c3ccccc3)n2)cc1-c1ccc(C(F)(F)F)cc1. The highest BCUT2D eigenvalue weighted by molar-refractivity contribution is 6.11. The van der Waals surface area contributed by atoms with Crippen LogP contribution in [0.5, 0.6) is 0 Å². The van der Waals surface area contributed by atoms with Gasteiger partial charge in [-0.2, -0.15) is 39.5 Å². The van der Waals surface area contributed by atoms with Gasteiger partial charge in [-0.1, -0.05) is 96.6 Å². The van der Waals surface area contributed by atoms with E-state index in [0.717, 1.165) is 47.5 Å². The smallest absolute Gasteiger partial charge is 0.308 e. The number of fused-ring (bicyclic) bond motifs is 3. The van der Waals surface area contributed by atoms with Crippen molar-refractivity contribution in [2.75, 3.05) is 0 Å². The molecule has 0 aliphatic heterocycles. The van der Waals surface area contributed by atoms with Gasteiger partial charge >= 0.3 is 18.5 Å². The Balaban J connectivity index is 1.42. The molecule has 0 unspecified atom stereocenters. The average Bonchev–Trinajstić information content (AvgIpc) is 3.58. The predicted molar refractivity (Wildman–Crippen MR) is 223 cm³/mol. The van der Waals surface area contributed by atoms with Gasteiger partial charge in [-0.15, -0.1) is 0 Å². The fraction of sp³-hybridized carbons (Fsp3) is 0.0800. The van der Waals surface area contributed by atoms with Crippen molar-refractivity contribution < 1.29 is 39.5 Å². The van der Waals surface area contributed by atoms with Crippen LogP contribution in [0.15, 0.2) is 164 Å². The van der Waals surface area contributed by atoms with Gasteiger partial charge in [0, 0.05) is 38.6 Å². The number of benzene rings is 7. The van der Waals surface area contributed by atoms with Crippen LogP contribution in [0, 0.1) is 6.92 Å². The third-order valence-corrected chi connectivity index (χ3v) is 10.8. The van der Waals surface area contributed by atoms with Gasteiger partial charge in [0.25, 0.3) is 0 Å². The molecule has 0 saturated heterocycles. The summed E-state index contributed by atoms with van der Waals surface area (Å²) in [5, 5.41) is 0.706. The molecule has 0 bridgehead atoms. The molecule has 7 aromatic carbocycles. The quantitative estimate of drug-likeness (QED) is 0.156. The summed E-state index contributed by atoms with van der Waals surface area (Å²) in [5.74, 6) is 0.358. The molecule has 62 heavy (non-hydrogen) atoms. The highest BCUT2D eigenvalue weighted by Crippen LogP contribution is 2.46. The van der Waals surface area contributed by atoms with Crippen LogP contribution in [-0.4, -0.2) is 14.5 Å². The van der Waals surface area contributed by atoms with Gasteiger partial charge in [0.05, 0.1) is 44.8 Å². The molecule has 0 fully saturated rings. The number of hydrogen-bond acceptors (Lipinski definition) is 2. The van der Waals surface area contributed by atoms with Gasteiger partial charge in [-0.3, -0.25) is 0 Å². The molecule has 0 aliphatic rings. The van der Waals surface area contributed by atoms with Crippen LogP contribution in [0.3, 0.4) is 0 Å². The van der Waals surface area contributed by atoms with E-state index in [1.54, 1.807) is 47.9 Å². The number of rotatable bonds is 6. The van der Waals surface area contributed by atoms with Crippen LogP contribution >= 0.6 is 0 Å². The lowest BCUT2D eigenvalue weighted by atomic mass is 9.90. The van der Waals surface area contributed by atoms with E-state index < -0.39 is 35.2 Å². The summed E-state index contributed by atoms with van der Waals surface area (Å²) in [5.41, 5.74) is 3.17. The van der Waals surface area contributed by atoms with Gasteiger partial charge in [-0.25, -0.2) is 9.97 Å². The van der Waals surface area contributed by atoms with Gasteiger partial charge in [0.1, 0.15) is 0 Å². The molecule has 0 aliphatic carbocycles. The molecule has 9 aromatic rings. The van der Waals surface area contributed by atoms with Gasteiger partial charge < -0.3 is 4.57 Å². The Morgan fingerprint density at radius 1 is 0.387 bits per heavy atom. The van der Waals surface area contributed by atoms with E-state index in [9.17, 15) is 39.5 Å². The normalized spacial score (nSPS) is 12.4. The van der Waals surface area contributed by atoms with Gasteiger partial charge in [0.15, 0.2) is 5.82 Å². The van der Waals surface area contributed by atoms with Gasteiger partial charge in [0.2, 0.25) is 0 Å². The molecule has 3 nitrogen and oxygen atoms in total. The van der Waals surface area contributed by atoms with Crippen molar-refractivity contribution in [3.8, 4) is 61.8 Å². The van der Waals surface area contributed by atoms with Crippen LogP contribution < -0.4 is 0 Å². The van der Waals surface area contributed by atoms with E-state index in [-0.39, 0.29) is 16.5 Å². The second-order valence-corrected chi connectivity index (χ2v) is 14.8. The molecule has 0 N–H and O–H groups in total. The fourth-order valence-electron chi connectivity index (χ4n) is 7.76. The maximum Gasteiger partial charge on any atom is 0.416 e. The molecule has 12 heteroatoms. The summed E-state index contributed by atoms with van der Waals surface area (Å²) >= 11 is 0. The Bertz CT molecular complexity index is 2980. The van der Waals surface area contributed by atoms with E-state index in [1.807, 2.05) is 60.7 Å². The minimum atomic E-state index is -4.68. The zero-order chi connectivity index (χ0) is 43.6. The van der Waals surface area contributed by atoms with Crippen LogP contribution in [-0.2, 0) is 18.5 Å². The Morgan fingerprint density at radius 2 is 0.823 bits per heavy atom. The van der Waals surface area contributed by atoms with Crippen LogP contribution in [0.2, 0.25) is 0 Å². The summed E-state index contributed by atoms with van der Waals surface area (Å²) in [6, 6.07) is 41.2. The molecular formula is C50H30F9N3. The van der Waals surface area contributed by atoms with Crippen molar-refractivity contribution in [1.29, 1.82) is 0 Å². The number of halogens is 9. The van der Waals surface area contributed by atoms with Crippen molar-refractivity contribution in [1.82, 2.24) is 14.5 Å². The average molecular weight is 844 g/mol. The highest BCUT2D eigenvalue weighted by Gasteiger charge is 2.33. The monoisotopic (exact) mass is 843 g/mol. The first-order valence-corrected chi connectivity index (χ1v) is 19.2. The molecule has 0 amide bonds. The number of aromatic nitrogens is 3. The number of aryl methyl sites for hydroxylation is 1. The van der Waals surface area contributed by atoms with Crippen molar-refractivity contribution in [2.45, 2.75) is 25.5 Å². The minimum Gasteiger partial charge on any atom is -0.308 e. The van der Waals surface area contributed by atoms with Crippen molar-refractivity contribution in [3.05, 3.63) is 186 Å². The standard InChI is InChI=1S/C50H30F9N3/c1-29-12-22-44-40(24-29)41-27-37(50(57,58)59)21-23-45(41)62(44)46-38(30-13-17-35(18-14-30)48(51,52)53)25-34(26-39(46)31-15-19-36(20-16-31)49(54,55)56)43-28-42(32-8-4-2-5-9-32)60-47(61-43)33-10-6-3-7-11-33/h2-28H,1H3. The van der Waals surface area contributed by atoms with E-state index >= 15 is 0 Å². The zero-order valence-electron chi connectivity index (χ0n) is 32.3. The molecule has 0 spiro atoms. The van der Waals surface area contributed by atoms with Crippen LogP contribution in [0.4, 0.5) is 39.5 Å². The molecule has 2 aromatic heterocycles. The largest absolute Gasteiger partial charge is 0.416 e. The first kappa shape index (κ1) is 40.2. The number of hydrogen-bond donors (Lipinski definition) is 0. The summed E-state index contributed by atoms with van der Waals surface area (Å²) in [4.78, 5) is 9.85. The van der Waals surface area contributed by atoms with E-state index in [1.165, 1.54) is 30.3 Å². The number of nitrogens with zero attached hydrogens (tertiary/aromatic N) is 3. The van der Waals surface area contributed by atoms with E-state index in [4.69, 9.17) is 9.97 Å². The summed E-state index contributed by atoms with van der Waals surface area (Å²) in [6.45, 7) is 1.79. The molecular weight excluding hydrogens is 814 g/mol. The Morgan fingerprint density at radius 3 is 1.32 bits per heavy atom. The lowest BCUT2D eigenvalue weighted by Crippen LogP contribution is -2.06. The number of alkyl halides is 9. The minimum absolute atomic E-state index is 0.246. The van der Waals surface area contributed by atoms with Crippen LogP contribution in [0.25, 0.3) is 83.6 Å². The summed E-state index contributed by atoms with van der Waals surface area (Å²) in [6.07, 6.45) is -14.0.